The molecule has 0 aromatic heterocycles. The van der Waals surface area contributed by atoms with E-state index in [9.17, 15) is 8.42 Å². The summed E-state index contributed by atoms with van der Waals surface area (Å²) in [6.07, 6.45) is 5.12. The van der Waals surface area contributed by atoms with E-state index in [1.165, 1.54) is 12.5 Å². The van der Waals surface area contributed by atoms with E-state index < -0.39 is 10.0 Å². The van der Waals surface area contributed by atoms with Gasteiger partial charge in [0, 0.05) is 11.1 Å². The maximum absolute atomic E-state index is 12.7. The first kappa shape index (κ1) is 19.8. The van der Waals surface area contributed by atoms with Crippen LogP contribution in [0.25, 0.3) is 0 Å². The molecule has 0 spiro atoms. The van der Waals surface area contributed by atoms with E-state index in [0.717, 1.165) is 38.8 Å². The third-order valence-electron chi connectivity index (χ3n) is 4.56. The molecule has 1 heterocycles. The van der Waals surface area contributed by atoms with Crippen LogP contribution in [0.15, 0.2) is 23.1 Å². The van der Waals surface area contributed by atoms with Crippen molar-refractivity contribution in [3.63, 3.8) is 0 Å². The highest BCUT2D eigenvalue weighted by molar-refractivity contribution is 7.89. The van der Waals surface area contributed by atoms with Crippen LogP contribution in [0, 0.1) is 5.92 Å². The van der Waals surface area contributed by atoms with Crippen LogP contribution in [0.4, 0.5) is 0 Å². The van der Waals surface area contributed by atoms with Crippen LogP contribution in [0.5, 0.6) is 5.75 Å². The Hall–Kier alpha value is -0.530. The predicted octanol–water partition coefficient (Wildman–Crippen LogP) is 2.97. The molecule has 1 aliphatic heterocycles. The second kappa shape index (κ2) is 8.72. The van der Waals surface area contributed by atoms with Crippen LogP contribution in [0.2, 0.25) is 5.02 Å². The number of sulfonamides is 1. The number of ether oxygens (including phenoxy) is 1. The van der Waals surface area contributed by atoms with Gasteiger partial charge in [-0.25, -0.2) is 13.1 Å². The lowest BCUT2D eigenvalue weighted by molar-refractivity contribution is 0.177. The third-order valence-corrected chi connectivity index (χ3v) is 6.33. The van der Waals surface area contributed by atoms with Crippen LogP contribution >= 0.6 is 24.0 Å². The van der Waals surface area contributed by atoms with Crippen LogP contribution in [0.1, 0.15) is 32.1 Å². The lowest BCUT2D eigenvalue weighted by atomic mass is 9.86. The van der Waals surface area contributed by atoms with Crippen molar-refractivity contribution in [3.05, 3.63) is 23.2 Å². The first-order valence-corrected chi connectivity index (χ1v) is 10.1. The molecule has 0 unspecified atom stereocenters. The standard InChI is InChI=1S/C16H23ClN2O3S.ClH/c17-13-4-5-15(22-11-12-2-1-3-12)16(10-13)23(20,21)19-14-6-8-18-9-7-14;/h4-5,10,12,14,18-19H,1-3,6-9,11H2;1H. The zero-order valence-corrected chi connectivity index (χ0v) is 15.9. The molecule has 0 amide bonds. The number of rotatable bonds is 6. The second-order valence-electron chi connectivity index (χ2n) is 6.34. The molecule has 3 rings (SSSR count). The van der Waals surface area contributed by atoms with Gasteiger partial charge in [0.05, 0.1) is 6.61 Å². The van der Waals surface area contributed by atoms with Crippen LogP contribution < -0.4 is 14.8 Å². The van der Waals surface area contributed by atoms with Gasteiger partial charge in [-0.2, -0.15) is 0 Å². The molecule has 2 fully saturated rings. The molecule has 0 atom stereocenters. The fourth-order valence-electron chi connectivity index (χ4n) is 2.90. The van der Waals surface area contributed by atoms with Crippen molar-refractivity contribution in [2.75, 3.05) is 19.7 Å². The molecule has 2 aliphatic rings. The van der Waals surface area contributed by atoms with Gasteiger partial charge >= 0.3 is 0 Å². The minimum atomic E-state index is -3.64. The first-order chi connectivity index (χ1) is 11.0. The van der Waals surface area contributed by atoms with E-state index >= 15 is 0 Å². The highest BCUT2D eigenvalue weighted by atomic mass is 35.5. The van der Waals surface area contributed by atoms with Gasteiger partial charge in [0.15, 0.2) is 0 Å². The Balaban J connectivity index is 0.00000208. The number of piperidine rings is 1. The number of benzene rings is 1. The van der Waals surface area contributed by atoms with Gasteiger partial charge in [0.2, 0.25) is 10.0 Å². The third kappa shape index (κ3) is 4.99. The second-order valence-corrected chi connectivity index (χ2v) is 8.46. The summed E-state index contributed by atoms with van der Waals surface area (Å²) in [4.78, 5) is 0.142. The summed E-state index contributed by atoms with van der Waals surface area (Å²) in [6, 6.07) is 4.75. The summed E-state index contributed by atoms with van der Waals surface area (Å²) in [7, 11) is -3.64. The lowest BCUT2D eigenvalue weighted by Crippen LogP contribution is -2.42. The van der Waals surface area contributed by atoms with Gasteiger partial charge in [-0.3, -0.25) is 0 Å². The van der Waals surface area contributed by atoms with Gasteiger partial charge in [0.25, 0.3) is 0 Å². The van der Waals surface area contributed by atoms with Crippen LogP contribution in [-0.2, 0) is 10.0 Å². The number of hydrogen-bond acceptors (Lipinski definition) is 4. The van der Waals surface area contributed by atoms with E-state index in [-0.39, 0.29) is 23.3 Å². The highest BCUT2D eigenvalue weighted by Crippen LogP contribution is 2.31. The number of nitrogens with one attached hydrogen (secondary N) is 2. The average Bonchev–Trinajstić information content (AvgIpc) is 2.47. The summed E-state index contributed by atoms with van der Waals surface area (Å²) in [5.74, 6) is 0.932. The molecule has 5 nitrogen and oxygen atoms in total. The van der Waals surface area contributed by atoms with E-state index in [4.69, 9.17) is 16.3 Å². The molecule has 8 heteroatoms. The Bertz CT molecular complexity index is 645. The zero-order valence-electron chi connectivity index (χ0n) is 13.5. The van der Waals surface area contributed by atoms with Crippen molar-refractivity contribution in [2.45, 2.75) is 43.0 Å². The van der Waals surface area contributed by atoms with Crippen LogP contribution in [-0.4, -0.2) is 34.2 Å². The molecule has 1 saturated heterocycles. The Labute approximate surface area is 154 Å². The minimum Gasteiger partial charge on any atom is -0.492 e. The van der Waals surface area contributed by atoms with Crippen molar-refractivity contribution < 1.29 is 13.2 Å². The van der Waals surface area contributed by atoms with Crippen molar-refractivity contribution in [3.8, 4) is 5.75 Å². The molecule has 2 N–H and O–H groups in total. The summed E-state index contributed by atoms with van der Waals surface area (Å²) in [5, 5.41) is 3.62. The molecule has 0 radical (unpaired) electrons. The van der Waals surface area contributed by atoms with Crippen molar-refractivity contribution in [2.24, 2.45) is 5.92 Å². The maximum Gasteiger partial charge on any atom is 0.244 e. The average molecular weight is 395 g/mol. The fourth-order valence-corrected chi connectivity index (χ4v) is 4.61. The van der Waals surface area contributed by atoms with Gasteiger partial charge in [-0.1, -0.05) is 18.0 Å². The Morgan fingerprint density at radius 2 is 1.92 bits per heavy atom. The topological polar surface area (TPSA) is 67.4 Å². The number of hydrogen-bond donors (Lipinski definition) is 2. The molecule has 24 heavy (non-hydrogen) atoms. The maximum atomic E-state index is 12.7. The van der Waals surface area contributed by atoms with Gasteiger partial charge in [0.1, 0.15) is 10.6 Å². The van der Waals surface area contributed by atoms with Gasteiger partial charge < -0.3 is 10.1 Å². The minimum absolute atomic E-state index is 0. The van der Waals surface area contributed by atoms with Crippen LogP contribution in [0.3, 0.4) is 0 Å². The van der Waals surface area contributed by atoms with Gasteiger partial charge in [-0.05, 0) is 62.9 Å². The summed E-state index contributed by atoms with van der Waals surface area (Å²) in [5.41, 5.74) is 0. The van der Waals surface area contributed by atoms with Crippen molar-refractivity contribution in [1.82, 2.24) is 10.0 Å². The monoisotopic (exact) mass is 394 g/mol. The quantitative estimate of drug-likeness (QED) is 0.777. The highest BCUT2D eigenvalue weighted by Gasteiger charge is 2.26. The molecule has 1 aliphatic carbocycles. The first-order valence-electron chi connectivity index (χ1n) is 8.20. The van der Waals surface area contributed by atoms with E-state index in [1.54, 1.807) is 12.1 Å². The largest absolute Gasteiger partial charge is 0.492 e. The SMILES string of the molecule is Cl.O=S(=O)(NC1CCNCC1)c1cc(Cl)ccc1OCC1CCC1. The normalized spacial score (nSPS) is 19.4. The molecule has 136 valence electrons. The molecular weight excluding hydrogens is 371 g/mol. The molecule has 1 aromatic rings. The van der Waals surface area contributed by atoms with Crippen molar-refractivity contribution in [1.29, 1.82) is 0 Å². The Morgan fingerprint density at radius 3 is 2.54 bits per heavy atom. The zero-order chi connectivity index (χ0) is 16.3. The molecular formula is C16H24Cl2N2O3S. The van der Waals surface area contributed by atoms with E-state index in [1.807, 2.05) is 0 Å². The Kier molecular flexibility index (Phi) is 7.19. The van der Waals surface area contributed by atoms with Gasteiger partial charge in [-0.15, -0.1) is 12.4 Å². The molecule has 1 saturated carbocycles. The number of halogens is 2. The molecule has 0 bridgehead atoms. The predicted molar refractivity (Wildman–Crippen MR) is 97.7 cm³/mol. The molecule has 1 aromatic carbocycles. The lowest BCUT2D eigenvalue weighted by Gasteiger charge is -2.26. The van der Waals surface area contributed by atoms with E-state index in [0.29, 0.717) is 23.3 Å². The van der Waals surface area contributed by atoms with E-state index in [2.05, 4.69) is 10.0 Å². The summed E-state index contributed by atoms with van der Waals surface area (Å²) < 4.78 is 34.0. The smallest absolute Gasteiger partial charge is 0.244 e. The Morgan fingerprint density at radius 1 is 1.21 bits per heavy atom. The fraction of sp³-hybridized carbons (Fsp3) is 0.625. The van der Waals surface area contributed by atoms with Crippen molar-refractivity contribution >= 4 is 34.0 Å². The summed E-state index contributed by atoms with van der Waals surface area (Å²) >= 11 is 6.01. The summed E-state index contributed by atoms with van der Waals surface area (Å²) in [6.45, 7) is 2.22.